The van der Waals surface area contributed by atoms with Crippen molar-refractivity contribution in [1.29, 1.82) is 0 Å². The summed E-state index contributed by atoms with van der Waals surface area (Å²) in [5.74, 6) is 0.495. The van der Waals surface area contributed by atoms with E-state index < -0.39 is 0 Å². The first-order chi connectivity index (χ1) is 9.70. The topological polar surface area (TPSA) is 47.0 Å². The summed E-state index contributed by atoms with van der Waals surface area (Å²) < 4.78 is 5.64. The summed E-state index contributed by atoms with van der Waals surface area (Å²) in [4.78, 5) is 9.72. The molecule has 0 saturated carbocycles. The number of hydrogen-bond donors (Lipinski definition) is 1. The molecule has 2 aromatic rings. The number of hydrogen-bond acceptors (Lipinski definition) is 5. The quantitative estimate of drug-likeness (QED) is 0.853. The van der Waals surface area contributed by atoms with Crippen LogP contribution in [0.25, 0.3) is 0 Å². The standard InChI is InChI=1S/C14H18ClN3OS/c1-3-16-7-11-6-12(15)14(17-8-11)19-5-4-13-10(2)18-9-20-13/h6,8-9,16H,3-5,7H2,1-2H3. The van der Waals surface area contributed by atoms with Crippen LogP contribution in [0.2, 0.25) is 5.02 Å². The Morgan fingerprint density at radius 3 is 2.90 bits per heavy atom. The van der Waals surface area contributed by atoms with E-state index in [1.807, 2.05) is 18.5 Å². The molecular weight excluding hydrogens is 294 g/mol. The highest BCUT2D eigenvalue weighted by atomic mass is 35.5. The summed E-state index contributed by atoms with van der Waals surface area (Å²) in [6.07, 6.45) is 2.62. The number of pyridine rings is 1. The molecule has 2 heterocycles. The van der Waals surface area contributed by atoms with Crippen LogP contribution in [-0.4, -0.2) is 23.1 Å². The molecule has 0 radical (unpaired) electrons. The van der Waals surface area contributed by atoms with Crippen molar-refractivity contribution in [2.45, 2.75) is 26.8 Å². The van der Waals surface area contributed by atoms with Crippen molar-refractivity contribution in [3.05, 3.63) is 38.9 Å². The average Bonchev–Trinajstić information content (AvgIpc) is 2.84. The molecule has 0 fully saturated rings. The van der Waals surface area contributed by atoms with Crippen LogP contribution in [0, 0.1) is 6.92 Å². The summed E-state index contributed by atoms with van der Waals surface area (Å²) in [7, 11) is 0. The number of halogens is 1. The average molecular weight is 312 g/mol. The van der Waals surface area contributed by atoms with Crippen molar-refractivity contribution in [3.63, 3.8) is 0 Å². The molecule has 0 aromatic carbocycles. The molecule has 108 valence electrons. The number of ether oxygens (including phenoxy) is 1. The Bertz CT molecular complexity index is 559. The van der Waals surface area contributed by atoms with E-state index >= 15 is 0 Å². The van der Waals surface area contributed by atoms with Gasteiger partial charge >= 0.3 is 0 Å². The molecule has 20 heavy (non-hydrogen) atoms. The zero-order chi connectivity index (χ0) is 14.4. The van der Waals surface area contributed by atoms with Crippen LogP contribution >= 0.6 is 22.9 Å². The molecule has 1 N–H and O–H groups in total. The first kappa shape index (κ1) is 15.2. The van der Waals surface area contributed by atoms with Gasteiger partial charge in [0, 0.05) is 24.0 Å². The molecule has 2 aromatic heterocycles. The highest BCUT2D eigenvalue weighted by Crippen LogP contribution is 2.23. The predicted octanol–water partition coefficient (Wildman–Crippen LogP) is 3.23. The lowest BCUT2D eigenvalue weighted by Crippen LogP contribution is -2.12. The summed E-state index contributed by atoms with van der Waals surface area (Å²) in [5.41, 5.74) is 3.98. The van der Waals surface area contributed by atoms with E-state index in [0.717, 1.165) is 30.8 Å². The lowest BCUT2D eigenvalue weighted by atomic mass is 10.3. The third kappa shape index (κ3) is 4.16. The van der Waals surface area contributed by atoms with Gasteiger partial charge in [-0.1, -0.05) is 18.5 Å². The summed E-state index contributed by atoms with van der Waals surface area (Å²) in [6.45, 7) is 6.32. The van der Waals surface area contributed by atoms with Crippen molar-refractivity contribution in [3.8, 4) is 5.88 Å². The van der Waals surface area contributed by atoms with Crippen LogP contribution in [-0.2, 0) is 13.0 Å². The van der Waals surface area contributed by atoms with Crippen LogP contribution in [0.5, 0.6) is 5.88 Å². The van der Waals surface area contributed by atoms with Gasteiger partial charge in [0.15, 0.2) is 0 Å². The van der Waals surface area contributed by atoms with Gasteiger partial charge in [-0.25, -0.2) is 9.97 Å². The summed E-state index contributed by atoms with van der Waals surface area (Å²) >= 11 is 7.82. The third-order valence-corrected chi connectivity index (χ3v) is 4.12. The molecule has 0 bridgehead atoms. The van der Waals surface area contributed by atoms with Gasteiger partial charge in [0.1, 0.15) is 5.02 Å². The molecule has 6 heteroatoms. The van der Waals surface area contributed by atoms with Crippen molar-refractivity contribution in [1.82, 2.24) is 15.3 Å². The van der Waals surface area contributed by atoms with Crippen molar-refractivity contribution in [2.75, 3.05) is 13.2 Å². The van der Waals surface area contributed by atoms with Gasteiger partial charge in [0.2, 0.25) is 5.88 Å². The zero-order valence-electron chi connectivity index (χ0n) is 11.6. The molecule has 0 atom stereocenters. The molecule has 0 amide bonds. The predicted molar refractivity (Wildman–Crippen MR) is 82.7 cm³/mol. The first-order valence-electron chi connectivity index (χ1n) is 6.57. The lowest BCUT2D eigenvalue weighted by Gasteiger charge is -2.08. The third-order valence-electron chi connectivity index (χ3n) is 2.86. The van der Waals surface area contributed by atoms with E-state index in [9.17, 15) is 0 Å². The molecule has 4 nitrogen and oxygen atoms in total. The fourth-order valence-electron chi connectivity index (χ4n) is 1.74. The second-order valence-electron chi connectivity index (χ2n) is 4.37. The first-order valence-corrected chi connectivity index (χ1v) is 7.83. The Balaban J connectivity index is 1.88. The monoisotopic (exact) mass is 311 g/mol. The van der Waals surface area contributed by atoms with Crippen LogP contribution in [0.1, 0.15) is 23.1 Å². The Kier molecular flexibility index (Phi) is 5.76. The van der Waals surface area contributed by atoms with Crippen molar-refractivity contribution < 1.29 is 4.74 Å². The van der Waals surface area contributed by atoms with E-state index in [2.05, 4.69) is 22.2 Å². The molecule has 0 aliphatic carbocycles. The fourth-order valence-corrected chi connectivity index (χ4v) is 2.75. The second kappa shape index (κ2) is 7.57. The summed E-state index contributed by atoms with van der Waals surface area (Å²) in [5, 5.41) is 3.79. The van der Waals surface area contributed by atoms with Gasteiger partial charge < -0.3 is 10.1 Å². The maximum absolute atomic E-state index is 6.18. The van der Waals surface area contributed by atoms with E-state index in [1.54, 1.807) is 17.5 Å². The van der Waals surface area contributed by atoms with Crippen LogP contribution in [0.3, 0.4) is 0 Å². The minimum absolute atomic E-state index is 0.495. The molecule has 0 spiro atoms. The van der Waals surface area contributed by atoms with Gasteiger partial charge in [-0.05, 0) is 25.1 Å². The lowest BCUT2D eigenvalue weighted by molar-refractivity contribution is 0.310. The van der Waals surface area contributed by atoms with E-state index in [4.69, 9.17) is 16.3 Å². The Hall–Kier alpha value is -1.17. The Labute approximate surface area is 128 Å². The van der Waals surface area contributed by atoms with Gasteiger partial charge in [0.25, 0.3) is 0 Å². The summed E-state index contributed by atoms with van der Waals surface area (Å²) in [6, 6.07) is 1.89. The van der Waals surface area contributed by atoms with Crippen LogP contribution < -0.4 is 10.1 Å². The van der Waals surface area contributed by atoms with Crippen molar-refractivity contribution in [2.24, 2.45) is 0 Å². The minimum Gasteiger partial charge on any atom is -0.476 e. The molecule has 0 unspecified atom stereocenters. The minimum atomic E-state index is 0.495. The Morgan fingerprint density at radius 2 is 2.25 bits per heavy atom. The van der Waals surface area contributed by atoms with Crippen LogP contribution in [0.4, 0.5) is 0 Å². The fraction of sp³-hybridized carbons (Fsp3) is 0.429. The van der Waals surface area contributed by atoms with Gasteiger partial charge in [0.05, 0.1) is 17.8 Å². The molecule has 0 aliphatic heterocycles. The number of rotatable bonds is 7. The smallest absolute Gasteiger partial charge is 0.232 e. The van der Waals surface area contributed by atoms with E-state index in [0.29, 0.717) is 17.5 Å². The number of aromatic nitrogens is 2. The molecule has 0 aliphatic rings. The number of aryl methyl sites for hydroxylation is 1. The van der Waals surface area contributed by atoms with E-state index in [1.165, 1.54) is 4.88 Å². The Morgan fingerprint density at radius 1 is 1.40 bits per heavy atom. The molecular formula is C14H18ClN3OS. The molecule has 0 saturated heterocycles. The zero-order valence-corrected chi connectivity index (χ0v) is 13.2. The van der Waals surface area contributed by atoms with Gasteiger partial charge in [-0.3, -0.25) is 0 Å². The highest BCUT2D eigenvalue weighted by molar-refractivity contribution is 7.09. The highest BCUT2D eigenvalue weighted by Gasteiger charge is 2.06. The van der Waals surface area contributed by atoms with E-state index in [-0.39, 0.29) is 0 Å². The van der Waals surface area contributed by atoms with Crippen LogP contribution in [0.15, 0.2) is 17.8 Å². The number of nitrogens with one attached hydrogen (secondary N) is 1. The maximum Gasteiger partial charge on any atom is 0.232 e. The molecule has 2 rings (SSSR count). The SMILES string of the molecule is CCNCc1cnc(OCCc2scnc2C)c(Cl)c1. The number of nitrogens with zero attached hydrogens (tertiary/aromatic N) is 2. The van der Waals surface area contributed by atoms with Gasteiger partial charge in [-0.15, -0.1) is 11.3 Å². The largest absolute Gasteiger partial charge is 0.476 e. The maximum atomic E-state index is 6.18. The normalized spacial score (nSPS) is 10.8. The van der Waals surface area contributed by atoms with Crippen molar-refractivity contribution >= 4 is 22.9 Å². The van der Waals surface area contributed by atoms with Gasteiger partial charge in [-0.2, -0.15) is 0 Å². The second-order valence-corrected chi connectivity index (χ2v) is 5.72. The number of thiazole rings is 1.